The van der Waals surface area contributed by atoms with Gasteiger partial charge in [-0.25, -0.2) is 4.79 Å². The van der Waals surface area contributed by atoms with Gasteiger partial charge in [-0.15, -0.1) is 0 Å². The fourth-order valence-electron chi connectivity index (χ4n) is 3.04. The number of carbonyl (C=O) groups excluding carboxylic acids is 2. The molecule has 0 aliphatic heterocycles. The Morgan fingerprint density at radius 3 is 2.18 bits per heavy atom. The number of anilines is 1. The molecule has 33 heavy (non-hydrogen) atoms. The van der Waals surface area contributed by atoms with E-state index in [1.165, 1.54) is 12.5 Å². The zero-order valence-electron chi connectivity index (χ0n) is 20.0. The first-order valence-electron chi connectivity index (χ1n) is 11.3. The van der Waals surface area contributed by atoms with Crippen molar-refractivity contribution in [2.24, 2.45) is 0 Å². The summed E-state index contributed by atoms with van der Waals surface area (Å²) in [6.07, 6.45) is 3.48. The van der Waals surface area contributed by atoms with Gasteiger partial charge in [0.2, 0.25) is 0 Å². The minimum atomic E-state index is -1.53. The van der Waals surface area contributed by atoms with E-state index in [1.54, 1.807) is 45.0 Å². The number of hydrogen-bond donors (Lipinski definition) is 3. The van der Waals surface area contributed by atoms with Gasteiger partial charge in [-0.3, -0.25) is 4.79 Å². The van der Waals surface area contributed by atoms with Crippen molar-refractivity contribution in [1.29, 1.82) is 0 Å². The molecule has 0 saturated carbocycles. The Balaban J connectivity index is 1.75. The molecule has 0 aliphatic carbocycles. The average molecular weight is 457 g/mol. The number of carbonyl (C=O) groups is 2. The number of benzene rings is 2. The Kier molecular flexibility index (Phi) is 9.73. The molecule has 3 N–H and O–H groups in total. The Hall–Kier alpha value is -3.06. The van der Waals surface area contributed by atoms with Crippen LogP contribution in [0.3, 0.4) is 0 Å². The molecule has 7 heteroatoms. The fourth-order valence-corrected chi connectivity index (χ4v) is 3.04. The summed E-state index contributed by atoms with van der Waals surface area (Å²) in [5.41, 5.74) is -0.359. The largest absolute Gasteiger partial charge is 0.494 e. The second-order valence-electron chi connectivity index (χ2n) is 9.24. The van der Waals surface area contributed by atoms with E-state index in [0.29, 0.717) is 18.0 Å². The highest BCUT2D eigenvalue weighted by molar-refractivity contribution is 5.99. The lowest BCUT2D eigenvalue weighted by molar-refractivity contribution is -0.123. The topological polar surface area (TPSA) is 96.9 Å². The maximum atomic E-state index is 12.7. The van der Waals surface area contributed by atoms with Gasteiger partial charge < -0.3 is 25.2 Å². The molecule has 0 aromatic heterocycles. The zero-order valence-corrected chi connectivity index (χ0v) is 20.0. The maximum Gasteiger partial charge on any atom is 0.408 e. The summed E-state index contributed by atoms with van der Waals surface area (Å²) in [5.74, 6) is 0.163. The van der Waals surface area contributed by atoms with E-state index in [-0.39, 0.29) is 0 Å². The summed E-state index contributed by atoms with van der Waals surface area (Å²) < 4.78 is 11.0. The third-order valence-corrected chi connectivity index (χ3v) is 4.93. The molecule has 0 radical (unpaired) electrons. The summed E-state index contributed by atoms with van der Waals surface area (Å²) >= 11 is 0. The number of alkyl carbamates (subject to hydrolysis) is 1. The van der Waals surface area contributed by atoms with Gasteiger partial charge in [0, 0.05) is 5.69 Å². The minimum Gasteiger partial charge on any atom is -0.494 e. The Labute approximate surface area is 196 Å². The standard InChI is InChI=1S/C26H36N2O5/c1-25(2,3)33-24(31)28-26(4,19-29)23(30)27-21-14-16-22(17-15-21)32-18-10-6-9-13-20-11-7-5-8-12-20/h5,7-8,11-12,14-17,29H,6,9-10,13,18-19H2,1-4H3,(H,27,30)(H,28,31)/t26-/m0/s1. The van der Waals surface area contributed by atoms with Crippen molar-refractivity contribution in [3.63, 3.8) is 0 Å². The van der Waals surface area contributed by atoms with E-state index in [0.717, 1.165) is 25.7 Å². The molecule has 7 nitrogen and oxygen atoms in total. The van der Waals surface area contributed by atoms with E-state index < -0.39 is 29.7 Å². The first kappa shape index (κ1) is 26.2. The van der Waals surface area contributed by atoms with Crippen LogP contribution in [-0.2, 0) is 16.0 Å². The van der Waals surface area contributed by atoms with Crippen LogP contribution in [0.1, 0.15) is 52.5 Å². The molecule has 0 unspecified atom stereocenters. The van der Waals surface area contributed by atoms with Gasteiger partial charge in [0.15, 0.2) is 0 Å². The smallest absolute Gasteiger partial charge is 0.408 e. The zero-order chi connectivity index (χ0) is 24.3. The lowest BCUT2D eigenvalue weighted by Gasteiger charge is -2.29. The van der Waals surface area contributed by atoms with Gasteiger partial charge in [-0.05, 0) is 83.2 Å². The molecule has 0 saturated heterocycles. The fraction of sp³-hybridized carbons (Fsp3) is 0.462. The number of amides is 2. The van der Waals surface area contributed by atoms with Crippen LogP contribution in [0.15, 0.2) is 54.6 Å². The van der Waals surface area contributed by atoms with Crippen LogP contribution in [0.5, 0.6) is 5.75 Å². The molecule has 0 fully saturated rings. The van der Waals surface area contributed by atoms with Crippen LogP contribution < -0.4 is 15.4 Å². The second-order valence-corrected chi connectivity index (χ2v) is 9.24. The Morgan fingerprint density at radius 2 is 1.58 bits per heavy atom. The monoisotopic (exact) mass is 456 g/mol. The number of ether oxygens (including phenoxy) is 2. The van der Waals surface area contributed by atoms with Crippen LogP contribution in [-0.4, -0.2) is 41.5 Å². The highest BCUT2D eigenvalue weighted by Gasteiger charge is 2.36. The van der Waals surface area contributed by atoms with E-state index in [2.05, 4.69) is 34.9 Å². The van der Waals surface area contributed by atoms with Crippen molar-refractivity contribution in [3.05, 3.63) is 60.2 Å². The van der Waals surface area contributed by atoms with Crippen LogP contribution in [0.4, 0.5) is 10.5 Å². The summed E-state index contributed by atoms with van der Waals surface area (Å²) in [7, 11) is 0. The maximum absolute atomic E-state index is 12.7. The lowest BCUT2D eigenvalue weighted by atomic mass is 10.0. The number of aliphatic hydroxyl groups is 1. The Morgan fingerprint density at radius 1 is 0.909 bits per heavy atom. The molecular weight excluding hydrogens is 420 g/mol. The van der Waals surface area contributed by atoms with Crippen LogP contribution >= 0.6 is 0 Å². The van der Waals surface area contributed by atoms with E-state index in [1.807, 2.05) is 6.07 Å². The molecule has 0 bridgehead atoms. The SMILES string of the molecule is CC(C)(C)OC(=O)N[C@@](C)(CO)C(=O)Nc1ccc(OCCCCCc2ccccc2)cc1. The number of aliphatic hydroxyl groups excluding tert-OH is 1. The molecule has 0 spiro atoms. The van der Waals surface area contributed by atoms with E-state index in [9.17, 15) is 14.7 Å². The van der Waals surface area contributed by atoms with Gasteiger partial charge in [-0.2, -0.15) is 0 Å². The van der Waals surface area contributed by atoms with Crippen molar-refractivity contribution in [2.75, 3.05) is 18.5 Å². The third kappa shape index (κ3) is 9.53. The lowest BCUT2D eigenvalue weighted by Crippen LogP contribution is -2.58. The highest BCUT2D eigenvalue weighted by atomic mass is 16.6. The van der Waals surface area contributed by atoms with E-state index in [4.69, 9.17) is 9.47 Å². The highest BCUT2D eigenvalue weighted by Crippen LogP contribution is 2.18. The summed E-state index contributed by atoms with van der Waals surface area (Å²) in [4.78, 5) is 24.7. The Bertz CT molecular complexity index is 878. The van der Waals surface area contributed by atoms with Gasteiger partial charge >= 0.3 is 6.09 Å². The summed E-state index contributed by atoms with van der Waals surface area (Å²) in [5, 5.41) is 14.8. The van der Waals surface area contributed by atoms with Crippen molar-refractivity contribution in [2.45, 2.75) is 64.5 Å². The average Bonchev–Trinajstić information content (AvgIpc) is 2.76. The molecule has 0 heterocycles. The predicted octanol–water partition coefficient (Wildman–Crippen LogP) is 4.69. The molecule has 1 atom stereocenters. The number of rotatable bonds is 11. The number of nitrogens with one attached hydrogen (secondary N) is 2. The summed E-state index contributed by atoms with van der Waals surface area (Å²) in [6, 6.07) is 17.4. The van der Waals surface area contributed by atoms with E-state index >= 15 is 0 Å². The van der Waals surface area contributed by atoms with Crippen molar-refractivity contribution in [3.8, 4) is 5.75 Å². The van der Waals surface area contributed by atoms with Crippen LogP contribution in [0, 0.1) is 0 Å². The van der Waals surface area contributed by atoms with Crippen LogP contribution in [0.25, 0.3) is 0 Å². The number of unbranched alkanes of at least 4 members (excludes halogenated alkanes) is 2. The molecule has 2 aromatic carbocycles. The molecule has 0 aliphatic rings. The van der Waals surface area contributed by atoms with Crippen molar-refractivity contribution < 1.29 is 24.2 Å². The molecule has 180 valence electrons. The van der Waals surface area contributed by atoms with Gasteiger partial charge in [0.05, 0.1) is 13.2 Å². The van der Waals surface area contributed by atoms with Crippen LogP contribution in [0.2, 0.25) is 0 Å². The molecule has 2 aromatic rings. The molecule has 2 amide bonds. The third-order valence-electron chi connectivity index (χ3n) is 4.93. The normalized spacial score (nSPS) is 13.0. The number of aryl methyl sites for hydroxylation is 1. The summed E-state index contributed by atoms with van der Waals surface area (Å²) in [6.45, 7) is 6.64. The first-order valence-corrected chi connectivity index (χ1v) is 11.3. The second kappa shape index (κ2) is 12.3. The molecule has 2 rings (SSSR count). The van der Waals surface area contributed by atoms with Crippen molar-refractivity contribution >= 4 is 17.7 Å². The number of hydrogen-bond acceptors (Lipinski definition) is 5. The van der Waals surface area contributed by atoms with Gasteiger partial charge in [0.25, 0.3) is 5.91 Å². The van der Waals surface area contributed by atoms with Crippen molar-refractivity contribution in [1.82, 2.24) is 5.32 Å². The minimum absolute atomic E-state index is 0.529. The predicted molar refractivity (Wildman–Crippen MR) is 129 cm³/mol. The van der Waals surface area contributed by atoms with Gasteiger partial charge in [0.1, 0.15) is 16.9 Å². The quantitative estimate of drug-likeness (QED) is 0.426. The first-order chi connectivity index (χ1) is 15.6. The van der Waals surface area contributed by atoms with Gasteiger partial charge in [-0.1, -0.05) is 30.3 Å². The molecular formula is C26H36N2O5.